The molecule has 0 saturated heterocycles. The van der Waals surface area contributed by atoms with Crippen molar-refractivity contribution in [2.75, 3.05) is 19.7 Å². The Bertz CT molecular complexity index is 645. The zero-order valence-electron chi connectivity index (χ0n) is 13.2. The lowest BCUT2D eigenvalue weighted by Gasteiger charge is -2.12. The number of ether oxygens (including phenoxy) is 1. The first kappa shape index (κ1) is 16.6. The minimum Gasteiger partial charge on any atom is -0.483 e. The largest absolute Gasteiger partial charge is 0.483 e. The van der Waals surface area contributed by atoms with Gasteiger partial charge >= 0.3 is 0 Å². The normalized spacial score (nSPS) is 10.2. The van der Waals surface area contributed by atoms with Crippen molar-refractivity contribution < 1.29 is 18.7 Å². The first-order valence-electron chi connectivity index (χ1n) is 7.35. The Labute approximate surface area is 134 Å². The number of hydrogen-bond donors (Lipinski definition) is 2. The molecule has 2 amide bonds. The average molecular weight is 316 g/mol. The Balaban J connectivity index is 1.67. The minimum atomic E-state index is -0.309. The Hall–Kier alpha value is -2.76. The smallest absolute Gasteiger partial charge is 0.287 e. The zero-order valence-corrected chi connectivity index (χ0v) is 13.2. The van der Waals surface area contributed by atoms with Gasteiger partial charge in [-0.3, -0.25) is 9.59 Å². The molecule has 0 unspecified atom stereocenters. The Morgan fingerprint density at radius 3 is 2.39 bits per heavy atom. The SMILES string of the molecule is Cc1cccc(C)c1OCC(=O)NCCNC(=O)c1ccco1. The molecule has 0 aliphatic heterocycles. The van der Waals surface area contributed by atoms with Gasteiger partial charge in [0.2, 0.25) is 0 Å². The predicted molar refractivity (Wildman–Crippen MR) is 85.5 cm³/mol. The second-order valence-corrected chi connectivity index (χ2v) is 5.09. The molecule has 0 spiro atoms. The summed E-state index contributed by atoms with van der Waals surface area (Å²) in [7, 11) is 0. The highest BCUT2D eigenvalue weighted by Crippen LogP contribution is 2.21. The monoisotopic (exact) mass is 316 g/mol. The highest BCUT2D eigenvalue weighted by atomic mass is 16.5. The lowest BCUT2D eigenvalue weighted by atomic mass is 10.1. The van der Waals surface area contributed by atoms with E-state index in [0.717, 1.165) is 16.9 Å². The molecule has 0 radical (unpaired) electrons. The summed E-state index contributed by atoms with van der Waals surface area (Å²) in [5, 5.41) is 5.33. The maximum Gasteiger partial charge on any atom is 0.287 e. The van der Waals surface area contributed by atoms with Gasteiger partial charge in [-0.1, -0.05) is 18.2 Å². The van der Waals surface area contributed by atoms with Crippen molar-refractivity contribution in [1.29, 1.82) is 0 Å². The van der Waals surface area contributed by atoms with Crippen molar-refractivity contribution in [2.24, 2.45) is 0 Å². The molecule has 0 fully saturated rings. The molecule has 0 aliphatic rings. The third kappa shape index (κ3) is 4.88. The molecule has 1 heterocycles. The summed E-state index contributed by atoms with van der Waals surface area (Å²) in [6.45, 7) is 4.45. The van der Waals surface area contributed by atoms with Crippen molar-refractivity contribution in [3.8, 4) is 5.75 Å². The topological polar surface area (TPSA) is 80.6 Å². The van der Waals surface area contributed by atoms with Gasteiger partial charge < -0.3 is 19.8 Å². The van der Waals surface area contributed by atoms with Gasteiger partial charge in [-0.2, -0.15) is 0 Å². The molecule has 1 aromatic heterocycles. The molecule has 1 aromatic carbocycles. The number of carbonyl (C=O) groups excluding carboxylic acids is 2. The van der Waals surface area contributed by atoms with E-state index in [1.54, 1.807) is 12.1 Å². The van der Waals surface area contributed by atoms with E-state index in [1.165, 1.54) is 6.26 Å². The van der Waals surface area contributed by atoms with Crippen molar-refractivity contribution in [1.82, 2.24) is 10.6 Å². The lowest BCUT2D eigenvalue weighted by Crippen LogP contribution is -2.36. The molecular weight excluding hydrogens is 296 g/mol. The molecule has 6 nitrogen and oxygen atoms in total. The summed E-state index contributed by atoms with van der Waals surface area (Å²) in [6, 6.07) is 9.03. The summed E-state index contributed by atoms with van der Waals surface area (Å²) in [6.07, 6.45) is 1.43. The van der Waals surface area contributed by atoms with Gasteiger partial charge in [0.05, 0.1) is 6.26 Å². The average Bonchev–Trinajstić information content (AvgIpc) is 3.05. The number of para-hydroxylation sites is 1. The maximum absolute atomic E-state index is 11.7. The van der Waals surface area contributed by atoms with Gasteiger partial charge in [0.1, 0.15) is 5.75 Å². The minimum absolute atomic E-state index is 0.0577. The lowest BCUT2D eigenvalue weighted by molar-refractivity contribution is -0.123. The number of hydrogen-bond acceptors (Lipinski definition) is 4. The van der Waals surface area contributed by atoms with Crippen LogP contribution >= 0.6 is 0 Å². The van der Waals surface area contributed by atoms with Crippen LogP contribution in [-0.2, 0) is 4.79 Å². The van der Waals surface area contributed by atoms with Gasteiger partial charge in [-0.05, 0) is 37.1 Å². The van der Waals surface area contributed by atoms with Crippen LogP contribution in [0.5, 0.6) is 5.75 Å². The zero-order chi connectivity index (χ0) is 16.7. The molecule has 23 heavy (non-hydrogen) atoms. The fourth-order valence-electron chi connectivity index (χ4n) is 2.09. The van der Waals surface area contributed by atoms with Crippen LogP contribution in [-0.4, -0.2) is 31.5 Å². The van der Waals surface area contributed by atoms with Crippen LogP contribution in [0.3, 0.4) is 0 Å². The maximum atomic E-state index is 11.7. The Kier molecular flexibility index (Phi) is 5.80. The number of nitrogens with one attached hydrogen (secondary N) is 2. The van der Waals surface area contributed by atoms with Crippen LogP contribution in [0.2, 0.25) is 0 Å². The molecule has 2 rings (SSSR count). The number of aryl methyl sites for hydroxylation is 2. The van der Waals surface area contributed by atoms with E-state index in [-0.39, 0.29) is 24.2 Å². The number of amides is 2. The highest BCUT2D eigenvalue weighted by Gasteiger charge is 2.09. The van der Waals surface area contributed by atoms with Crippen LogP contribution in [0.4, 0.5) is 0 Å². The van der Waals surface area contributed by atoms with Crippen LogP contribution in [0, 0.1) is 13.8 Å². The first-order chi connectivity index (χ1) is 11.1. The van der Waals surface area contributed by atoms with Gasteiger partial charge in [-0.15, -0.1) is 0 Å². The van der Waals surface area contributed by atoms with Crippen molar-refractivity contribution in [2.45, 2.75) is 13.8 Å². The summed E-state index contributed by atoms with van der Waals surface area (Å²) in [5.74, 6) is 0.430. The van der Waals surface area contributed by atoms with E-state index >= 15 is 0 Å². The van der Waals surface area contributed by atoms with Crippen LogP contribution in [0.15, 0.2) is 41.0 Å². The van der Waals surface area contributed by atoms with E-state index in [4.69, 9.17) is 9.15 Å². The van der Waals surface area contributed by atoms with E-state index in [1.807, 2.05) is 32.0 Å². The molecule has 0 bridgehead atoms. The first-order valence-corrected chi connectivity index (χ1v) is 7.35. The summed E-state index contributed by atoms with van der Waals surface area (Å²) < 4.78 is 10.5. The van der Waals surface area contributed by atoms with E-state index in [2.05, 4.69) is 10.6 Å². The number of furan rings is 1. The summed E-state index contributed by atoms with van der Waals surface area (Å²) >= 11 is 0. The summed E-state index contributed by atoms with van der Waals surface area (Å²) in [4.78, 5) is 23.3. The van der Waals surface area contributed by atoms with Crippen LogP contribution in [0.25, 0.3) is 0 Å². The molecule has 2 N–H and O–H groups in total. The highest BCUT2D eigenvalue weighted by molar-refractivity contribution is 5.91. The molecular formula is C17H20N2O4. The third-order valence-corrected chi connectivity index (χ3v) is 3.23. The third-order valence-electron chi connectivity index (χ3n) is 3.23. The Morgan fingerprint density at radius 1 is 1.04 bits per heavy atom. The number of rotatable bonds is 7. The van der Waals surface area contributed by atoms with Gasteiger partial charge in [0.15, 0.2) is 12.4 Å². The second-order valence-electron chi connectivity index (χ2n) is 5.09. The van der Waals surface area contributed by atoms with E-state index < -0.39 is 0 Å². The number of benzene rings is 1. The number of carbonyl (C=O) groups is 2. The van der Waals surface area contributed by atoms with Crippen molar-refractivity contribution in [3.05, 3.63) is 53.5 Å². The molecule has 6 heteroatoms. The second kappa shape index (κ2) is 8.03. The van der Waals surface area contributed by atoms with Gasteiger partial charge in [0.25, 0.3) is 11.8 Å². The molecule has 122 valence electrons. The molecule has 2 aromatic rings. The summed E-state index contributed by atoms with van der Waals surface area (Å²) in [5.41, 5.74) is 1.98. The molecule has 0 atom stereocenters. The Morgan fingerprint density at radius 2 is 1.74 bits per heavy atom. The van der Waals surface area contributed by atoms with E-state index in [9.17, 15) is 9.59 Å². The van der Waals surface area contributed by atoms with Crippen LogP contribution in [0.1, 0.15) is 21.7 Å². The van der Waals surface area contributed by atoms with E-state index in [0.29, 0.717) is 13.1 Å². The molecule has 0 aliphatic carbocycles. The van der Waals surface area contributed by atoms with Crippen molar-refractivity contribution in [3.63, 3.8) is 0 Å². The fourth-order valence-corrected chi connectivity index (χ4v) is 2.09. The quantitative estimate of drug-likeness (QED) is 0.764. The molecule has 0 saturated carbocycles. The van der Waals surface area contributed by atoms with Gasteiger partial charge in [-0.25, -0.2) is 0 Å². The van der Waals surface area contributed by atoms with Crippen molar-refractivity contribution >= 4 is 11.8 Å². The van der Waals surface area contributed by atoms with Crippen LogP contribution < -0.4 is 15.4 Å². The predicted octanol–water partition coefficient (Wildman–Crippen LogP) is 1.82. The fraction of sp³-hybridized carbons (Fsp3) is 0.294. The standard InChI is InChI=1S/C17H20N2O4/c1-12-5-3-6-13(2)16(12)23-11-15(20)18-8-9-19-17(21)14-7-4-10-22-14/h3-7,10H,8-9,11H2,1-2H3,(H,18,20)(H,19,21). The van der Waals surface area contributed by atoms with Gasteiger partial charge in [0, 0.05) is 13.1 Å².